The first-order chi connectivity index (χ1) is 7.36. The fourth-order valence-electron chi connectivity index (χ4n) is 1.69. The Bertz CT molecular complexity index is 291. The molecule has 82 valence electrons. The Hall–Kier alpha value is -0.510. The van der Waals surface area contributed by atoms with Gasteiger partial charge in [-0.15, -0.1) is 0 Å². The van der Waals surface area contributed by atoms with Gasteiger partial charge in [0.15, 0.2) is 0 Å². The number of nitrogens with one attached hydrogen (secondary N) is 1. The zero-order valence-electron chi connectivity index (χ0n) is 8.98. The number of rotatable bonds is 4. The zero-order valence-corrected chi connectivity index (χ0v) is 9.80. The van der Waals surface area contributed by atoms with E-state index in [0.29, 0.717) is 17.9 Å². The minimum absolute atomic E-state index is 0.513. The van der Waals surface area contributed by atoms with Gasteiger partial charge in [-0.3, -0.25) is 4.84 Å². The lowest BCUT2D eigenvalue weighted by Gasteiger charge is -2.15. The van der Waals surface area contributed by atoms with E-state index in [1.165, 1.54) is 17.7 Å². The summed E-state index contributed by atoms with van der Waals surface area (Å²) in [6.45, 7) is 2.90. The molecule has 0 aromatic heterocycles. The quantitative estimate of drug-likeness (QED) is 0.793. The molecular formula is C12H17NOS. The minimum atomic E-state index is 0.513. The van der Waals surface area contributed by atoms with Gasteiger partial charge >= 0.3 is 0 Å². The van der Waals surface area contributed by atoms with Gasteiger partial charge in [-0.1, -0.05) is 37.3 Å². The molecule has 1 aromatic carbocycles. The third-order valence-electron chi connectivity index (χ3n) is 2.69. The number of hydrogen-bond donors (Lipinski definition) is 1. The molecule has 0 aliphatic carbocycles. The summed E-state index contributed by atoms with van der Waals surface area (Å²) < 4.78 is 0. The monoisotopic (exact) mass is 223 g/mol. The number of hydroxylamine groups is 1. The van der Waals surface area contributed by atoms with E-state index in [4.69, 9.17) is 4.84 Å². The van der Waals surface area contributed by atoms with Crippen LogP contribution in [0.2, 0.25) is 0 Å². The van der Waals surface area contributed by atoms with Crippen LogP contribution in [0, 0.1) is 0 Å². The molecule has 0 spiro atoms. The molecule has 0 amide bonds. The van der Waals surface area contributed by atoms with E-state index in [0.717, 1.165) is 0 Å². The molecule has 1 fully saturated rings. The zero-order chi connectivity index (χ0) is 10.5. The molecule has 2 nitrogen and oxygen atoms in total. The third kappa shape index (κ3) is 3.23. The molecule has 2 rings (SSSR count). The minimum Gasteiger partial charge on any atom is -0.297 e. The van der Waals surface area contributed by atoms with Gasteiger partial charge in [0.05, 0.1) is 6.61 Å². The van der Waals surface area contributed by atoms with E-state index in [1.54, 1.807) is 0 Å². The molecule has 1 heterocycles. The highest BCUT2D eigenvalue weighted by atomic mass is 32.2. The van der Waals surface area contributed by atoms with E-state index in [2.05, 4.69) is 24.5 Å². The number of thioether (sulfide) groups is 1. The Morgan fingerprint density at radius 1 is 1.40 bits per heavy atom. The summed E-state index contributed by atoms with van der Waals surface area (Å²) in [5.41, 5.74) is 4.37. The van der Waals surface area contributed by atoms with Crippen LogP contribution in [0.1, 0.15) is 18.9 Å². The van der Waals surface area contributed by atoms with Crippen LogP contribution < -0.4 is 5.48 Å². The Labute approximate surface area is 95.4 Å². The van der Waals surface area contributed by atoms with E-state index in [-0.39, 0.29) is 0 Å². The van der Waals surface area contributed by atoms with Gasteiger partial charge < -0.3 is 0 Å². The van der Waals surface area contributed by atoms with Crippen molar-refractivity contribution in [2.75, 3.05) is 5.75 Å². The number of hydrogen-bond acceptors (Lipinski definition) is 3. The van der Waals surface area contributed by atoms with Crippen molar-refractivity contribution in [3.8, 4) is 0 Å². The summed E-state index contributed by atoms with van der Waals surface area (Å²) in [5, 5.41) is 0.667. The van der Waals surface area contributed by atoms with Crippen LogP contribution in [0.5, 0.6) is 0 Å². The summed E-state index contributed by atoms with van der Waals surface area (Å²) in [6, 6.07) is 10.8. The van der Waals surface area contributed by atoms with Crippen molar-refractivity contribution in [3.63, 3.8) is 0 Å². The Balaban J connectivity index is 1.71. The van der Waals surface area contributed by atoms with Crippen LogP contribution in [0.15, 0.2) is 30.3 Å². The van der Waals surface area contributed by atoms with Crippen molar-refractivity contribution in [2.45, 2.75) is 31.2 Å². The maximum absolute atomic E-state index is 5.51. The third-order valence-corrected chi connectivity index (χ3v) is 4.02. The highest BCUT2D eigenvalue weighted by molar-refractivity contribution is 8.00. The molecule has 1 aliphatic rings. The maximum Gasteiger partial charge on any atom is 0.0933 e. The first kappa shape index (κ1) is 11.0. The molecule has 0 radical (unpaired) electrons. The first-order valence-electron chi connectivity index (χ1n) is 5.39. The van der Waals surface area contributed by atoms with Crippen LogP contribution in [0.25, 0.3) is 0 Å². The van der Waals surface area contributed by atoms with Gasteiger partial charge in [-0.05, 0) is 17.7 Å². The Morgan fingerprint density at radius 3 is 2.87 bits per heavy atom. The lowest BCUT2D eigenvalue weighted by molar-refractivity contribution is 0.00483. The van der Waals surface area contributed by atoms with Crippen molar-refractivity contribution in [1.29, 1.82) is 0 Å². The molecule has 3 heteroatoms. The summed E-state index contributed by atoms with van der Waals surface area (Å²) in [6.07, 6.45) is 1.21. The normalized spacial score (nSPS) is 25.7. The highest BCUT2D eigenvalue weighted by Gasteiger charge is 2.23. The van der Waals surface area contributed by atoms with Crippen LogP contribution in [0.4, 0.5) is 0 Å². The SMILES string of the molecule is CC1SCCC1NOCc1ccccc1. The molecule has 0 saturated carbocycles. The molecule has 2 unspecified atom stereocenters. The van der Waals surface area contributed by atoms with Gasteiger partial charge in [0.1, 0.15) is 0 Å². The Morgan fingerprint density at radius 2 is 2.20 bits per heavy atom. The van der Waals surface area contributed by atoms with E-state index in [9.17, 15) is 0 Å². The van der Waals surface area contributed by atoms with Crippen molar-refractivity contribution in [1.82, 2.24) is 5.48 Å². The van der Waals surface area contributed by atoms with Gasteiger partial charge in [0.25, 0.3) is 0 Å². The molecule has 0 bridgehead atoms. The molecule has 1 N–H and O–H groups in total. The second-order valence-electron chi connectivity index (χ2n) is 3.86. The van der Waals surface area contributed by atoms with Gasteiger partial charge in [-0.2, -0.15) is 17.2 Å². The second-order valence-corrected chi connectivity index (χ2v) is 5.35. The summed E-state index contributed by atoms with van der Waals surface area (Å²) in [7, 11) is 0. The average molecular weight is 223 g/mol. The van der Waals surface area contributed by atoms with Gasteiger partial charge in [0.2, 0.25) is 0 Å². The van der Waals surface area contributed by atoms with Crippen LogP contribution in [-0.2, 0) is 11.4 Å². The van der Waals surface area contributed by atoms with Crippen LogP contribution in [-0.4, -0.2) is 17.0 Å². The summed E-state index contributed by atoms with van der Waals surface area (Å²) in [4.78, 5) is 5.51. The summed E-state index contributed by atoms with van der Waals surface area (Å²) in [5.74, 6) is 1.24. The smallest absolute Gasteiger partial charge is 0.0933 e. The standard InChI is InChI=1S/C12H17NOS/c1-10-12(7-8-15-10)13-14-9-11-5-3-2-4-6-11/h2-6,10,12-13H,7-9H2,1H3. The second kappa shape index (κ2) is 5.54. The molecule has 1 saturated heterocycles. The largest absolute Gasteiger partial charge is 0.297 e. The molecule has 2 atom stereocenters. The van der Waals surface area contributed by atoms with Crippen molar-refractivity contribution in [3.05, 3.63) is 35.9 Å². The molecule has 15 heavy (non-hydrogen) atoms. The number of benzene rings is 1. The lowest BCUT2D eigenvalue weighted by Crippen LogP contribution is -2.33. The lowest BCUT2D eigenvalue weighted by atomic mass is 10.2. The van der Waals surface area contributed by atoms with E-state index >= 15 is 0 Å². The van der Waals surface area contributed by atoms with Crippen molar-refractivity contribution >= 4 is 11.8 Å². The fraction of sp³-hybridized carbons (Fsp3) is 0.500. The first-order valence-corrected chi connectivity index (χ1v) is 6.44. The maximum atomic E-state index is 5.51. The van der Waals surface area contributed by atoms with Gasteiger partial charge in [-0.25, -0.2) is 0 Å². The predicted octanol–water partition coefficient (Wildman–Crippen LogP) is 2.60. The molecule has 1 aromatic rings. The van der Waals surface area contributed by atoms with E-state index in [1.807, 2.05) is 30.0 Å². The molecular weight excluding hydrogens is 206 g/mol. The highest BCUT2D eigenvalue weighted by Crippen LogP contribution is 2.26. The van der Waals surface area contributed by atoms with Gasteiger partial charge in [0, 0.05) is 11.3 Å². The van der Waals surface area contributed by atoms with E-state index < -0.39 is 0 Å². The van der Waals surface area contributed by atoms with Crippen LogP contribution in [0.3, 0.4) is 0 Å². The van der Waals surface area contributed by atoms with Crippen molar-refractivity contribution < 1.29 is 4.84 Å². The fourth-order valence-corrected chi connectivity index (χ4v) is 2.88. The Kier molecular flexibility index (Phi) is 4.06. The van der Waals surface area contributed by atoms with Crippen LogP contribution >= 0.6 is 11.8 Å². The predicted molar refractivity (Wildman–Crippen MR) is 64.7 cm³/mol. The topological polar surface area (TPSA) is 21.3 Å². The summed E-state index contributed by atoms with van der Waals surface area (Å²) >= 11 is 2.01. The average Bonchev–Trinajstić information content (AvgIpc) is 2.66. The molecule has 1 aliphatic heterocycles. The van der Waals surface area contributed by atoms with Crippen molar-refractivity contribution in [2.24, 2.45) is 0 Å².